The van der Waals surface area contributed by atoms with E-state index < -0.39 is 13.6 Å². The highest BCUT2D eigenvalue weighted by molar-refractivity contribution is 7.99. The second-order valence-electron chi connectivity index (χ2n) is 13.6. The molecule has 0 aliphatic heterocycles. The number of ether oxygens (including phenoxy) is 5. The lowest BCUT2D eigenvalue weighted by molar-refractivity contribution is -0.150. The average Bonchev–Trinajstić information content (AvgIpc) is 3.11. The maximum absolute atomic E-state index is 12.7. The molecule has 0 aromatic heterocycles. The first kappa shape index (κ1) is 51.2. The van der Waals surface area contributed by atoms with Gasteiger partial charge in [-0.05, 0) is 12.8 Å². The van der Waals surface area contributed by atoms with Crippen LogP contribution in [0.1, 0.15) is 142 Å². The van der Waals surface area contributed by atoms with Crippen molar-refractivity contribution in [2.24, 2.45) is 5.73 Å². The monoisotopic (exact) mass is 785 g/mol. The Morgan fingerprint density at radius 2 is 1.12 bits per heavy atom. The van der Waals surface area contributed by atoms with Gasteiger partial charge in [0.15, 0.2) is 0 Å². The molecule has 5 N–H and O–H groups in total. The van der Waals surface area contributed by atoms with Gasteiger partial charge >= 0.3 is 13.6 Å². The molecule has 0 radical (unpaired) electrons. The second kappa shape index (κ2) is 38.5. The molecule has 0 unspecified atom stereocenters. The summed E-state index contributed by atoms with van der Waals surface area (Å²) in [5.74, 6) is 0.452. The van der Waals surface area contributed by atoms with Crippen LogP contribution < -0.4 is 11.1 Å². The van der Waals surface area contributed by atoms with E-state index in [0.29, 0.717) is 64.1 Å². The summed E-state index contributed by atoms with van der Waals surface area (Å²) in [6.45, 7) is 7.27. The van der Waals surface area contributed by atoms with Gasteiger partial charge in [-0.25, -0.2) is 0 Å². The van der Waals surface area contributed by atoms with Crippen LogP contribution in [-0.4, -0.2) is 111 Å². The Morgan fingerprint density at radius 3 is 1.65 bits per heavy atom. The van der Waals surface area contributed by atoms with Crippen molar-refractivity contribution >= 4 is 31.2 Å². The van der Waals surface area contributed by atoms with Crippen molar-refractivity contribution in [3.8, 4) is 0 Å². The fourth-order valence-electron chi connectivity index (χ4n) is 5.35. The van der Waals surface area contributed by atoms with E-state index in [4.69, 9.17) is 39.2 Å². The number of rotatable bonds is 41. The molecule has 0 aromatic rings. The van der Waals surface area contributed by atoms with E-state index in [9.17, 15) is 14.2 Å². The van der Waals surface area contributed by atoms with Crippen LogP contribution in [0, 0.1) is 0 Å². The highest BCUT2D eigenvalue weighted by Crippen LogP contribution is 2.33. The number of hydrogen-bond acceptors (Lipinski definition) is 10. The summed E-state index contributed by atoms with van der Waals surface area (Å²) in [7, 11) is -4.04. The first-order chi connectivity index (χ1) is 25.2. The van der Waals surface area contributed by atoms with Crippen molar-refractivity contribution < 1.29 is 47.6 Å². The number of nitrogens with two attached hydrogens (primary N) is 1. The lowest BCUT2D eigenvalue weighted by Gasteiger charge is -2.19. The zero-order valence-corrected chi connectivity index (χ0v) is 34.6. The van der Waals surface area contributed by atoms with E-state index in [1.165, 1.54) is 102 Å². The smallest absolute Gasteiger partial charge is 0.327 e. The van der Waals surface area contributed by atoms with Gasteiger partial charge in [0.05, 0.1) is 58.5 Å². The number of esters is 1. The normalized spacial score (nSPS) is 12.9. The third-order valence-electron chi connectivity index (χ3n) is 8.48. The first-order valence-electron chi connectivity index (χ1n) is 20.4. The van der Waals surface area contributed by atoms with E-state index in [1.54, 1.807) is 0 Å². The van der Waals surface area contributed by atoms with Crippen LogP contribution in [0.3, 0.4) is 0 Å². The number of thioether (sulfide) groups is 1. The van der Waals surface area contributed by atoms with Gasteiger partial charge in [-0.2, -0.15) is 11.8 Å². The maximum Gasteiger partial charge on any atom is 0.327 e. The zero-order chi connectivity index (χ0) is 38.4. The zero-order valence-electron chi connectivity index (χ0n) is 32.9. The molecule has 12 nitrogen and oxygen atoms in total. The predicted molar refractivity (Wildman–Crippen MR) is 212 cm³/mol. The number of hydrogen-bond donors (Lipinski definition) is 4. The van der Waals surface area contributed by atoms with Crippen LogP contribution in [0.2, 0.25) is 0 Å². The molecule has 310 valence electrons. The molecule has 0 heterocycles. The van der Waals surface area contributed by atoms with E-state index >= 15 is 0 Å². The largest absolute Gasteiger partial charge is 0.459 e. The summed E-state index contributed by atoms with van der Waals surface area (Å²) in [5, 5.41) is 2.78. The minimum absolute atomic E-state index is 0.0220. The molecule has 0 fully saturated rings. The SMILES string of the molecule is CCCCCCCCCCCCOC[C@H](CSC[C@H](N)C(=O)NCCOCCOCCOCCP(=O)(O)O)OC(=O)CCCCCCCCCCC. The van der Waals surface area contributed by atoms with Crippen molar-refractivity contribution in [2.75, 3.05) is 77.1 Å². The number of amides is 1. The highest BCUT2D eigenvalue weighted by atomic mass is 32.2. The quantitative estimate of drug-likeness (QED) is 0.0280. The van der Waals surface area contributed by atoms with Crippen molar-refractivity contribution in [3.05, 3.63) is 0 Å². The molecule has 0 saturated heterocycles. The Morgan fingerprint density at radius 1 is 0.635 bits per heavy atom. The van der Waals surface area contributed by atoms with Gasteiger partial charge in [-0.15, -0.1) is 0 Å². The highest BCUT2D eigenvalue weighted by Gasteiger charge is 2.18. The molecule has 0 aliphatic carbocycles. The molecule has 0 spiro atoms. The standard InChI is InChI=1S/C38H77N2O10PS/c1-3-5-7-9-11-13-15-17-19-21-24-49-32-35(50-37(41)22-20-18-16-14-12-10-8-6-4-2)33-52-34-36(39)38(42)40-23-25-46-26-27-47-28-29-48-30-31-51(43,44)45/h35-36H,3-34,39H2,1-2H3,(H,40,42)(H2,43,44,45)/t35-,36+/m1/s1. The van der Waals surface area contributed by atoms with E-state index in [-0.39, 0.29) is 37.4 Å². The van der Waals surface area contributed by atoms with Gasteiger partial charge in [-0.1, -0.05) is 123 Å². The van der Waals surface area contributed by atoms with Crippen molar-refractivity contribution in [1.82, 2.24) is 5.32 Å². The van der Waals surface area contributed by atoms with E-state index in [1.807, 2.05) is 0 Å². The minimum Gasteiger partial charge on any atom is -0.459 e. The lowest BCUT2D eigenvalue weighted by Crippen LogP contribution is -2.43. The van der Waals surface area contributed by atoms with Crippen molar-refractivity contribution in [2.45, 2.75) is 154 Å². The number of unbranched alkanes of at least 4 members (excludes halogenated alkanes) is 17. The van der Waals surface area contributed by atoms with Crippen LogP contribution in [0.25, 0.3) is 0 Å². The third-order valence-corrected chi connectivity index (χ3v) is 10.5. The molecule has 2 atom stereocenters. The van der Waals surface area contributed by atoms with E-state index in [0.717, 1.165) is 32.1 Å². The first-order valence-corrected chi connectivity index (χ1v) is 23.3. The van der Waals surface area contributed by atoms with Crippen LogP contribution in [0.4, 0.5) is 0 Å². The summed E-state index contributed by atoms with van der Waals surface area (Å²) in [6.07, 6.45) is 23.1. The van der Waals surface area contributed by atoms with Crippen LogP contribution >= 0.6 is 19.4 Å². The topological polar surface area (TPSA) is 176 Å². The molecule has 0 rings (SSSR count). The summed E-state index contributed by atoms with van der Waals surface area (Å²) in [5.41, 5.74) is 6.13. The van der Waals surface area contributed by atoms with Crippen LogP contribution in [0.15, 0.2) is 0 Å². The Kier molecular flexibility index (Phi) is 37.9. The molecule has 14 heteroatoms. The molecule has 0 saturated carbocycles. The molecule has 0 aliphatic rings. The van der Waals surface area contributed by atoms with Gasteiger partial charge in [0, 0.05) is 31.1 Å². The molecule has 0 aromatic carbocycles. The van der Waals surface area contributed by atoms with Crippen LogP contribution in [-0.2, 0) is 37.8 Å². The Bertz CT molecular complexity index is 855. The summed E-state index contributed by atoms with van der Waals surface area (Å²) in [6, 6.07) is -0.704. The molecular weight excluding hydrogens is 707 g/mol. The van der Waals surface area contributed by atoms with Crippen LogP contribution in [0.5, 0.6) is 0 Å². The lowest BCUT2D eigenvalue weighted by atomic mass is 10.1. The molecule has 52 heavy (non-hydrogen) atoms. The Balaban J connectivity index is 4.26. The maximum atomic E-state index is 12.7. The van der Waals surface area contributed by atoms with Crippen molar-refractivity contribution in [3.63, 3.8) is 0 Å². The molecule has 1 amide bonds. The van der Waals surface area contributed by atoms with E-state index in [2.05, 4.69) is 19.2 Å². The predicted octanol–water partition coefficient (Wildman–Crippen LogP) is 7.16. The molecule has 0 bridgehead atoms. The molecular formula is C38H77N2O10PS. The Labute approximate surface area is 320 Å². The fraction of sp³-hybridized carbons (Fsp3) is 0.947. The van der Waals surface area contributed by atoms with Gasteiger partial charge in [0.25, 0.3) is 0 Å². The van der Waals surface area contributed by atoms with Gasteiger partial charge in [0.2, 0.25) is 5.91 Å². The third kappa shape index (κ3) is 38.9. The number of carbonyl (C=O) groups excluding carboxylic acids is 2. The minimum atomic E-state index is -4.04. The van der Waals surface area contributed by atoms with Gasteiger partial charge < -0.3 is 44.5 Å². The number of carbonyl (C=O) groups is 2. The summed E-state index contributed by atoms with van der Waals surface area (Å²) in [4.78, 5) is 42.7. The Hall–Kier alpha value is -0.760. The average molecular weight is 785 g/mol. The fourth-order valence-corrected chi connectivity index (χ4v) is 6.69. The van der Waals surface area contributed by atoms with Crippen molar-refractivity contribution in [1.29, 1.82) is 0 Å². The second-order valence-corrected chi connectivity index (χ2v) is 16.5. The van der Waals surface area contributed by atoms with Gasteiger partial charge in [0.1, 0.15) is 6.10 Å². The number of nitrogens with one attached hydrogen (secondary N) is 1. The van der Waals surface area contributed by atoms with Gasteiger partial charge in [-0.3, -0.25) is 14.2 Å². The summed E-state index contributed by atoms with van der Waals surface area (Å²) >= 11 is 1.49. The summed E-state index contributed by atoms with van der Waals surface area (Å²) < 4.78 is 38.4.